The SMILES string of the molecule is Cn1nc(C(=O)NC2CC3CCCC(C2)N3C=N)c2ccccc21. The van der Waals surface area contributed by atoms with Gasteiger partial charge in [-0.1, -0.05) is 18.2 Å². The first-order chi connectivity index (χ1) is 11.7. The van der Waals surface area contributed by atoms with E-state index in [9.17, 15) is 4.79 Å². The molecule has 0 radical (unpaired) electrons. The number of aromatic nitrogens is 2. The number of fused-ring (bicyclic) bond motifs is 3. The highest BCUT2D eigenvalue weighted by molar-refractivity contribution is 6.04. The van der Waals surface area contributed by atoms with E-state index in [1.807, 2.05) is 31.3 Å². The fourth-order valence-electron chi connectivity index (χ4n) is 4.38. The normalized spacial score (nSPS) is 26.4. The van der Waals surface area contributed by atoms with E-state index in [0.29, 0.717) is 17.8 Å². The Balaban J connectivity index is 1.53. The summed E-state index contributed by atoms with van der Waals surface area (Å²) in [6.07, 6.45) is 6.78. The number of rotatable bonds is 3. The van der Waals surface area contributed by atoms with E-state index in [1.54, 1.807) is 4.68 Å². The summed E-state index contributed by atoms with van der Waals surface area (Å²) in [5.41, 5.74) is 1.48. The predicted octanol–water partition coefficient (Wildman–Crippen LogP) is 2.30. The van der Waals surface area contributed by atoms with Crippen LogP contribution in [-0.4, -0.2) is 45.1 Å². The van der Waals surface area contributed by atoms with Crippen LogP contribution in [0.15, 0.2) is 24.3 Å². The number of benzene rings is 1. The number of piperidine rings is 2. The molecule has 6 heteroatoms. The molecule has 126 valence electrons. The Kier molecular flexibility index (Phi) is 3.75. The lowest BCUT2D eigenvalue weighted by atomic mass is 9.82. The minimum Gasteiger partial charge on any atom is -0.357 e. The standard InChI is InChI=1S/C18H23N5O/c1-22-16-8-3-2-7-15(16)17(21-22)18(24)20-12-9-13-5-4-6-14(10-12)23(13)11-19/h2-3,7-8,11-14,19H,4-6,9-10H2,1H3,(H,20,24). The Hall–Kier alpha value is -2.37. The van der Waals surface area contributed by atoms with Crippen molar-refractivity contribution in [2.75, 3.05) is 0 Å². The molecule has 2 saturated heterocycles. The van der Waals surface area contributed by atoms with Crippen LogP contribution in [0.4, 0.5) is 0 Å². The lowest BCUT2D eigenvalue weighted by molar-refractivity contribution is 0.0761. The van der Waals surface area contributed by atoms with Gasteiger partial charge in [-0.05, 0) is 38.2 Å². The summed E-state index contributed by atoms with van der Waals surface area (Å²) >= 11 is 0. The van der Waals surface area contributed by atoms with Crippen LogP contribution in [0.1, 0.15) is 42.6 Å². The Morgan fingerprint density at radius 2 is 2.00 bits per heavy atom. The number of aryl methyl sites for hydroxylation is 1. The molecule has 6 nitrogen and oxygen atoms in total. The molecule has 2 bridgehead atoms. The van der Waals surface area contributed by atoms with Crippen LogP contribution >= 0.6 is 0 Å². The third-order valence-electron chi connectivity index (χ3n) is 5.49. The van der Waals surface area contributed by atoms with Crippen molar-refractivity contribution in [1.29, 1.82) is 5.41 Å². The summed E-state index contributed by atoms with van der Waals surface area (Å²) in [4.78, 5) is 14.9. The second-order valence-corrected chi connectivity index (χ2v) is 6.95. The Labute approximate surface area is 141 Å². The highest BCUT2D eigenvalue weighted by Crippen LogP contribution is 2.33. The second kappa shape index (κ2) is 5.92. The minimum absolute atomic E-state index is 0.0850. The molecule has 1 aromatic heterocycles. The molecule has 0 spiro atoms. The lowest BCUT2D eigenvalue weighted by Gasteiger charge is -2.48. The monoisotopic (exact) mass is 325 g/mol. The molecule has 1 amide bonds. The second-order valence-electron chi connectivity index (χ2n) is 6.95. The van der Waals surface area contributed by atoms with Crippen molar-refractivity contribution in [2.24, 2.45) is 7.05 Å². The van der Waals surface area contributed by atoms with Gasteiger partial charge in [0.25, 0.3) is 5.91 Å². The van der Waals surface area contributed by atoms with Gasteiger partial charge in [0.05, 0.1) is 11.9 Å². The van der Waals surface area contributed by atoms with Crippen molar-refractivity contribution >= 4 is 23.1 Å². The molecular weight excluding hydrogens is 302 g/mol. The highest BCUT2D eigenvalue weighted by Gasteiger charge is 2.37. The van der Waals surface area contributed by atoms with E-state index in [4.69, 9.17) is 5.41 Å². The van der Waals surface area contributed by atoms with Crippen molar-refractivity contribution in [3.05, 3.63) is 30.0 Å². The molecule has 2 unspecified atom stereocenters. The number of nitrogens with zero attached hydrogens (tertiary/aromatic N) is 3. The molecule has 2 aliphatic heterocycles. The summed E-state index contributed by atoms with van der Waals surface area (Å²) in [5, 5.41) is 16.1. The van der Waals surface area contributed by atoms with Crippen LogP contribution in [0, 0.1) is 5.41 Å². The number of nitrogens with one attached hydrogen (secondary N) is 2. The summed E-state index contributed by atoms with van der Waals surface area (Å²) in [5.74, 6) is -0.0850. The molecule has 3 heterocycles. The maximum absolute atomic E-state index is 12.8. The van der Waals surface area contributed by atoms with Gasteiger partial charge in [0.2, 0.25) is 0 Å². The third kappa shape index (κ3) is 2.46. The van der Waals surface area contributed by atoms with E-state index >= 15 is 0 Å². The molecule has 24 heavy (non-hydrogen) atoms. The molecule has 2 aromatic rings. The van der Waals surface area contributed by atoms with Crippen LogP contribution in [0.3, 0.4) is 0 Å². The Bertz CT molecular complexity index is 769. The lowest BCUT2D eigenvalue weighted by Crippen LogP contribution is -2.56. The van der Waals surface area contributed by atoms with E-state index in [0.717, 1.165) is 36.6 Å². The molecule has 2 fully saturated rings. The summed E-state index contributed by atoms with van der Waals surface area (Å²) < 4.78 is 1.76. The molecule has 1 aromatic carbocycles. The van der Waals surface area contributed by atoms with Gasteiger partial charge in [0, 0.05) is 30.6 Å². The molecule has 2 N–H and O–H groups in total. The van der Waals surface area contributed by atoms with Gasteiger partial charge in [0.1, 0.15) is 0 Å². The van der Waals surface area contributed by atoms with Crippen LogP contribution in [-0.2, 0) is 7.05 Å². The number of amides is 1. The summed E-state index contributed by atoms with van der Waals surface area (Å²) in [7, 11) is 1.87. The number of carbonyl (C=O) groups is 1. The average Bonchev–Trinajstić information content (AvgIpc) is 2.91. The van der Waals surface area contributed by atoms with E-state index in [1.165, 1.54) is 12.8 Å². The minimum atomic E-state index is -0.0850. The fourth-order valence-corrected chi connectivity index (χ4v) is 4.38. The molecule has 2 aliphatic rings. The summed E-state index contributed by atoms with van der Waals surface area (Å²) in [6.45, 7) is 0. The largest absolute Gasteiger partial charge is 0.357 e. The maximum Gasteiger partial charge on any atom is 0.272 e. The molecule has 0 saturated carbocycles. The van der Waals surface area contributed by atoms with Gasteiger partial charge >= 0.3 is 0 Å². The predicted molar refractivity (Wildman–Crippen MR) is 93.3 cm³/mol. The number of hydrogen-bond donors (Lipinski definition) is 2. The first-order valence-electron chi connectivity index (χ1n) is 8.68. The van der Waals surface area contributed by atoms with Crippen molar-refractivity contribution in [3.63, 3.8) is 0 Å². The zero-order chi connectivity index (χ0) is 16.7. The van der Waals surface area contributed by atoms with Gasteiger partial charge in [-0.15, -0.1) is 0 Å². The van der Waals surface area contributed by atoms with Crippen molar-refractivity contribution < 1.29 is 4.79 Å². The summed E-state index contributed by atoms with van der Waals surface area (Å²) in [6, 6.07) is 8.77. The zero-order valence-electron chi connectivity index (χ0n) is 13.9. The van der Waals surface area contributed by atoms with Crippen LogP contribution in [0.5, 0.6) is 0 Å². The fraction of sp³-hybridized carbons (Fsp3) is 0.500. The number of para-hydroxylation sites is 1. The quantitative estimate of drug-likeness (QED) is 0.672. The highest BCUT2D eigenvalue weighted by atomic mass is 16.2. The maximum atomic E-state index is 12.8. The molecular formula is C18H23N5O. The van der Waals surface area contributed by atoms with Crippen LogP contribution in [0.25, 0.3) is 10.9 Å². The Morgan fingerprint density at radius 3 is 2.71 bits per heavy atom. The number of carbonyl (C=O) groups excluding carboxylic acids is 1. The number of hydrogen-bond acceptors (Lipinski definition) is 3. The topological polar surface area (TPSA) is 74.0 Å². The van der Waals surface area contributed by atoms with E-state index < -0.39 is 0 Å². The van der Waals surface area contributed by atoms with Crippen molar-refractivity contribution in [2.45, 2.75) is 50.2 Å². The first-order valence-corrected chi connectivity index (χ1v) is 8.68. The van der Waals surface area contributed by atoms with Gasteiger partial charge in [0.15, 0.2) is 5.69 Å². The third-order valence-corrected chi connectivity index (χ3v) is 5.49. The zero-order valence-corrected chi connectivity index (χ0v) is 13.9. The van der Waals surface area contributed by atoms with Gasteiger partial charge in [-0.3, -0.25) is 14.9 Å². The van der Waals surface area contributed by atoms with Gasteiger partial charge in [-0.25, -0.2) is 0 Å². The van der Waals surface area contributed by atoms with Crippen molar-refractivity contribution in [3.8, 4) is 0 Å². The van der Waals surface area contributed by atoms with Gasteiger partial charge in [-0.2, -0.15) is 5.10 Å². The molecule has 2 atom stereocenters. The average molecular weight is 325 g/mol. The van der Waals surface area contributed by atoms with Gasteiger partial charge < -0.3 is 10.2 Å². The Morgan fingerprint density at radius 1 is 1.29 bits per heavy atom. The smallest absolute Gasteiger partial charge is 0.272 e. The van der Waals surface area contributed by atoms with E-state index in [-0.39, 0.29) is 11.9 Å². The first kappa shape index (κ1) is 15.2. The van der Waals surface area contributed by atoms with Crippen LogP contribution < -0.4 is 5.32 Å². The molecule has 0 aliphatic carbocycles. The van der Waals surface area contributed by atoms with Crippen LogP contribution in [0.2, 0.25) is 0 Å². The van der Waals surface area contributed by atoms with Crippen molar-refractivity contribution in [1.82, 2.24) is 20.0 Å². The van der Waals surface area contributed by atoms with E-state index in [2.05, 4.69) is 15.3 Å². The molecule has 4 rings (SSSR count).